The second kappa shape index (κ2) is 8.71. The summed E-state index contributed by atoms with van der Waals surface area (Å²) >= 11 is 1.45. The predicted molar refractivity (Wildman–Crippen MR) is 115 cm³/mol. The zero-order chi connectivity index (χ0) is 20.3. The Morgan fingerprint density at radius 2 is 2.13 bits per heavy atom. The summed E-state index contributed by atoms with van der Waals surface area (Å²) in [4.78, 5) is 28.4. The first kappa shape index (κ1) is 19.5. The number of nitrogens with one attached hydrogen (secondary N) is 2. The molecule has 5 rings (SSSR count). The van der Waals surface area contributed by atoms with Crippen LogP contribution in [0, 0.1) is 5.92 Å². The van der Waals surface area contributed by atoms with Crippen molar-refractivity contribution in [1.82, 2.24) is 25.6 Å². The Morgan fingerprint density at radius 3 is 2.97 bits per heavy atom. The molecule has 0 saturated carbocycles. The smallest absolute Gasteiger partial charge is 0.259 e. The number of aromatic nitrogens is 3. The number of rotatable bonds is 6. The Kier molecular flexibility index (Phi) is 5.65. The number of amides is 1. The van der Waals surface area contributed by atoms with Crippen LogP contribution < -0.4 is 15.5 Å². The second-order valence-corrected chi connectivity index (χ2v) is 8.83. The van der Waals surface area contributed by atoms with E-state index in [1.807, 2.05) is 36.5 Å². The van der Waals surface area contributed by atoms with Crippen LogP contribution in [-0.4, -0.2) is 52.2 Å². The molecule has 0 spiro atoms. The fourth-order valence-corrected chi connectivity index (χ4v) is 4.71. The molecule has 2 aromatic heterocycles. The Hall–Kier alpha value is -2.49. The van der Waals surface area contributed by atoms with E-state index in [1.54, 1.807) is 6.20 Å². The van der Waals surface area contributed by atoms with Gasteiger partial charge in [0.2, 0.25) is 5.95 Å². The van der Waals surface area contributed by atoms with Crippen molar-refractivity contribution in [3.8, 4) is 0 Å². The molecular formula is C21H24N6O2S. The van der Waals surface area contributed by atoms with Gasteiger partial charge in [-0.15, -0.1) is 0 Å². The summed E-state index contributed by atoms with van der Waals surface area (Å²) in [7, 11) is 0. The number of epoxide rings is 1. The molecule has 3 aliphatic rings. The van der Waals surface area contributed by atoms with E-state index in [0.29, 0.717) is 10.8 Å². The van der Waals surface area contributed by atoms with Crippen LogP contribution in [0.1, 0.15) is 24.2 Å². The lowest BCUT2D eigenvalue weighted by atomic mass is 9.97. The third kappa shape index (κ3) is 4.63. The van der Waals surface area contributed by atoms with Crippen molar-refractivity contribution in [3.63, 3.8) is 0 Å². The van der Waals surface area contributed by atoms with E-state index in [1.165, 1.54) is 11.8 Å². The van der Waals surface area contributed by atoms with Crippen molar-refractivity contribution in [1.29, 1.82) is 0 Å². The number of anilines is 1. The largest absolute Gasteiger partial charge is 0.341 e. The van der Waals surface area contributed by atoms with Crippen molar-refractivity contribution in [2.75, 3.05) is 24.5 Å². The number of carbonyl (C=O) groups is 1. The van der Waals surface area contributed by atoms with Gasteiger partial charge in [0.1, 0.15) is 0 Å². The van der Waals surface area contributed by atoms with E-state index in [4.69, 9.17) is 4.74 Å². The summed E-state index contributed by atoms with van der Waals surface area (Å²) in [6.45, 7) is 3.67. The molecule has 2 unspecified atom stereocenters. The number of thioether (sulfide) groups is 1. The minimum Gasteiger partial charge on any atom is -0.341 e. The van der Waals surface area contributed by atoms with E-state index in [0.717, 1.165) is 56.4 Å². The fraction of sp³-hybridized carbons (Fsp3) is 0.429. The lowest BCUT2D eigenvalue weighted by molar-refractivity contribution is -0.117. The lowest BCUT2D eigenvalue weighted by Crippen LogP contribution is -2.38. The molecular weight excluding hydrogens is 400 g/mol. The van der Waals surface area contributed by atoms with Gasteiger partial charge < -0.3 is 20.3 Å². The molecule has 3 aliphatic heterocycles. The number of hydrogen-bond acceptors (Lipinski definition) is 8. The van der Waals surface area contributed by atoms with Gasteiger partial charge in [0, 0.05) is 32.0 Å². The molecule has 3 saturated heterocycles. The molecule has 5 heterocycles. The highest BCUT2D eigenvalue weighted by molar-refractivity contribution is 8.05. The van der Waals surface area contributed by atoms with Gasteiger partial charge in [-0.2, -0.15) is 0 Å². The molecule has 30 heavy (non-hydrogen) atoms. The predicted octanol–water partition coefficient (Wildman–Crippen LogP) is 1.76. The Balaban J connectivity index is 1.14. The standard InChI is InChI=1S/C21H24N6O2S/c28-18-17(30-20-19(26-18)29-20)11-15-4-8-24-21(25-15)27-9-5-14(6-10-27)12-22-13-16-3-1-2-7-23-16/h1-4,7-8,11,14,19-20,22H,5-6,9-10,12-13H2,(H,26,28)/b17-11-. The molecule has 1 amide bonds. The highest BCUT2D eigenvalue weighted by Gasteiger charge is 2.46. The van der Waals surface area contributed by atoms with Crippen LogP contribution in [0.2, 0.25) is 0 Å². The van der Waals surface area contributed by atoms with E-state index in [2.05, 4.69) is 30.5 Å². The number of nitrogens with zero attached hydrogens (tertiary/aromatic N) is 4. The molecule has 0 bridgehead atoms. The quantitative estimate of drug-likeness (QED) is 0.535. The first-order valence-electron chi connectivity index (χ1n) is 10.3. The maximum atomic E-state index is 12.1. The van der Waals surface area contributed by atoms with Gasteiger partial charge in [-0.1, -0.05) is 17.8 Å². The highest BCUT2D eigenvalue weighted by Crippen LogP contribution is 2.41. The normalized spacial score (nSPS) is 25.1. The molecule has 156 valence electrons. The van der Waals surface area contributed by atoms with Crippen LogP contribution in [0.15, 0.2) is 41.6 Å². The molecule has 0 aliphatic carbocycles. The SMILES string of the molecule is O=C1NC2OC2S/C1=C\c1ccnc(N2CCC(CNCc3ccccn3)CC2)n1. The summed E-state index contributed by atoms with van der Waals surface area (Å²) in [6.07, 6.45) is 7.48. The number of hydrogen-bond donors (Lipinski definition) is 2. The van der Waals surface area contributed by atoms with Crippen LogP contribution in [0.5, 0.6) is 0 Å². The van der Waals surface area contributed by atoms with Crippen LogP contribution in [0.4, 0.5) is 5.95 Å². The van der Waals surface area contributed by atoms with Gasteiger partial charge in [0.25, 0.3) is 5.91 Å². The van der Waals surface area contributed by atoms with Gasteiger partial charge >= 0.3 is 0 Å². The average Bonchev–Trinajstić information content (AvgIpc) is 3.53. The van der Waals surface area contributed by atoms with Gasteiger partial charge in [-0.25, -0.2) is 9.97 Å². The zero-order valence-electron chi connectivity index (χ0n) is 16.5. The summed E-state index contributed by atoms with van der Waals surface area (Å²) in [5, 5.41) is 6.34. The van der Waals surface area contributed by atoms with E-state index in [9.17, 15) is 4.79 Å². The summed E-state index contributed by atoms with van der Waals surface area (Å²) in [5.74, 6) is 1.27. The number of carbonyl (C=O) groups excluding carboxylic acids is 1. The summed E-state index contributed by atoms with van der Waals surface area (Å²) < 4.78 is 5.34. The molecule has 2 N–H and O–H groups in total. The molecule has 0 radical (unpaired) electrons. The maximum Gasteiger partial charge on any atom is 0.259 e. The van der Waals surface area contributed by atoms with E-state index < -0.39 is 0 Å². The topological polar surface area (TPSA) is 95.6 Å². The monoisotopic (exact) mass is 424 g/mol. The van der Waals surface area contributed by atoms with Crippen molar-refractivity contribution < 1.29 is 9.53 Å². The van der Waals surface area contributed by atoms with Gasteiger partial charge in [0.15, 0.2) is 11.7 Å². The van der Waals surface area contributed by atoms with E-state index in [-0.39, 0.29) is 17.6 Å². The van der Waals surface area contributed by atoms with Gasteiger partial charge in [-0.3, -0.25) is 9.78 Å². The third-order valence-electron chi connectivity index (χ3n) is 5.50. The molecule has 8 nitrogen and oxygen atoms in total. The summed E-state index contributed by atoms with van der Waals surface area (Å²) in [5.41, 5.74) is 1.86. The van der Waals surface area contributed by atoms with Crippen molar-refractivity contribution >= 4 is 29.7 Å². The van der Waals surface area contributed by atoms with Crippen molar-refractivity contribution in [2.45, 2.75) is 31.1 Å². The number of piperidine rings is 1. The lowest BCUT2D eigenvalue weighted by Gasteiger charge is -2.32. The molecule has 3 fully saturated rings. The van der Waals surface area contributed by atoms with Gasteiger partial charge in [-0.05, 0) is 49.6 Å². The first-order chi connectivity index (χ1) is 14.7. The third-order valence-corrected chi connectivity index (χ3v) is 6.65. The Labute approximate surface area is 179 Å². The second-order valence-electron chi connectivity index (χ2n) is 7.69. The van der Waals surface area contributed by atoms with Crippen molar-refractivity contribution in [3.05, 3.63) is 53.0 Å². The molecule has 2 aromatic rings. The maximum absolute atomic E-state index is 12.1. The Morgan fingerprint density at radius 1 is 1.23 bits per heavy atom. The highest BCUT2D eigenvalue weighted by atomic mass is 32.2. The van der Waals surface area contributed by atoms with Gasteiger partial charge in [0.05, 0.1) is 16.3 Å². The van der Waals surface area contributed by atoms with Crippen LogP contribution in [0.25, 0.3) is 6.08 Å². The first-order valence-corrected chi connectivity index (χ1v) is 11.2. The zero-order valence-corrected chi connectivity index (χ0v) is 17.3. The van der Waals surface area contributed by atoms with Crippen LogP contribution in [-0.2, 0) is 16.1 Å². The average molecular weight is 425 g/mol. The fourth-order valence-electron chi connectivity index (χ4n) is 3.74. The molecule has 9 heteroatoms. The number of pyridine rings is 1. The molecule has 0 aromatic carbocycles. The van der Waals surface area contributed by atoms with Crippen molar-refractivity contribution in [2.24, 2.45) is 5.92 Å². The number of ether oxygens (including phenoxy) is 1. The Bertz CT molecular complexity index is 932. The minimum atomic E-state index is -0.125. The number of fused-ring (bicyclic) bond motifs is 1. The van der Waals surface area contributed by atoms with Crippen LogP contribution in [0.3, 0.4) is 0 Å². The van der Waals surface area contributed by atoms with E-state index >= 15 is 0 Å². The molecule has 2 atom stereocenters. The van der Waals surface area contributed by atoms with Crippen LogP contribution >= 0.6 is 11.8 Å². The minimum absolute atomic E-state index is 0.0422. The summed E-state index contributed by atoms with van der Waals surface area (Å²) in [6, 6.07) is 7.83.